The molecule has 2 heterocycles. The van der Waals surface area contributed by atoms with Crippen molar-refractivity contribution in [2.24, 2.45) is 0 Å². The average Bonchev–Trinajstić information content (AvgIpc) is 3.00. The summed E-state index contributed by atoms with van der Waals surface area (Å²) in [5.74, 6) is -0.321. The number of thioether (sulfide) groups is 2. The zero-order valence-corrected chi connectivity index (χ0v) is 13.9. The molecule has 2 N–H and O–H groups in total. The van der Waals surface area contributed by atoms with Crippen molar-refractivity contribution in [3.05, 3.63) is 58.4 Å². The fourth-order valence-electron chi connectivity index (χ4n) is 2.19. The Balaban J connectivity index is 1.54. The molecule has 2 atom stereocenters. The summed E-state index contributed by atoms with van der Waals surface area (Å²) in [5, 5.41) is -0.152. The van der Waals surface area contributed by atoms with Crippen LogP contribution in [0, 0.1) is 5.82 Å². The van der Waals surface area contributed by atoms with Gasteiger partial charge in [-0.3, -0.25) is 4.57 Å². The van der Waals surface area contributed by atoms with Crippen LogP contribution < -0.4 is 11.4 Å². The van der Waals surface area contributed by atoms with Gasteiger partial charge in [-0.05, 0) is 5.56 Å². The summed E-state index contributed by atoms with van der Waals surface area (Å²) >= 11 is 3.28. The van der Waals surface area contributed by atoms with Gasteiger partial charge in [0.2, 0.25) is 0 Å². The molecule has 5 nitrogen and oxygen atoms in total. The molecular weight excluding hydrogens is 337 g/mol. The summed E-state index contributed by atoms with van der Waals surface area (Å²) in [4.78, 5) is 15.3. The number of benzene rings is 1. The summed E-state index contributed by atoms with van der Waals surface area (Å²) in [6.45, 7) is 1.13. The number of nitrogens with two attached hydrogens (primary N) is 1. The standard InChI is InChI=1S/C15H16FN3O2S2/c16-11-6-19(15(20)18-14(11)17)12-9-22-13(23-12)8-21-7-10-4-2-1-3-5-10/h1-6,12-13H,7-9H2,(H2,17,18,20)/t12?,13-/m1/s1. The van der Waals surface area contributed by atoms with Crippen LogP contribution in [-0.4, -0.2) is 26.5 Å². The second-order valence-electron chi connectivity index (χ2n) is 5.02. The molecule has 3 rings (SSSR count). The average molecular weight is 353 g/mol. The van der Waals surface area contributed by atoms with Crippen molar-refractivity contribution >= 4 is 29.3 Å². The maximum absolute atomic E-state index is 13.5. The van der Waals surface area contributed by atoms with Gasteiger partial charge in [0.1, 0.15) is 0 Å². The highest BCUT2D eigenvalue weighted by atomic mass is 32.2. The molecular formula is C15H16FN3O2S2. The number of rotatable bonds is 5. The molecule has 122 valence electrons. The second kappa shape index (κ2) is 7.37. The minimum Gasteiger partial charge on any atom is -0.381 e. The summed E-state index contributed by atoms with van der Waals surface area (Å²) in [7, 11) is 0. The van der Waals surface area contributed by atoms with Gasteiger partial charge >= 0.3 is 5.69 Å². The number of nitrogens with zero attached hydrogens (tertiary/aromatic N) is 2. The van der Waals surface area contributed by atoms with Crippen molar-refractivity contribution in [2.45, 2.75) is 16.6 Å². The SMILES string of the molecule is Nc1nc(=O)n(C2CS[C@@H](COCc3ccccc3)S2)cc1F. The minimum absolute atomic E-state index is 0.152. The van der Waals surface area contributed by atoms with Gasteiger partial charge in [0.25, 0.3) is 0 Å². The zero-order chi connectivity index (χ0) is 16.2. The molecule has 1 aromatic carbocycles. The molecule has 2 aromatic rings. The molecule has 0 saturated carbocycles. The van der Waals surface area contributed by atoms with Gasteiger partial charge in [0.15, 0.2) is 11.6 Å². The number of hydrogen-bond donors (Lipinski definition) is 1. The van der Waals surface area contributed by atoms with E-state index in [1.807, 2.05) is 30.3 Å². The number of ether oxygens (including phenoxy) is 1. The molecule has 1 aliphatic rings. The van der Waals surface area contributed by atoms with Crippen molar-refractivity contribution in [2.75, 3.05) is 18.1 Å². The molecule has 1 saturated heterocycles. The van der Waals surface area contributed by atoms with E-state index in [0.717, 1.165) is 11.8 Å². The largest absolute Gasteiger partial charge is 0.381 e. The lowest BCUT2D eigenvalue weighted by Gasteiger charge is -2.13. The first-order valence-corrected chi connectivity index (χ1v) is 9.05. The Kier molecular flexibility index (Phi) is 5.24. The lowest BCUT2D eigenvalue weighted by Crippen LogP contribution is -2.27. The highest BCUT2D eigenvalue weighted by Gasteiger charge is 2.28. The van der Waals surface area contributed by atoms with Crippen molar-refractivity contribution in [3.8, 4) is 0 Å². The molecule has 0 amide bonds. The van der Waals surface area contributed by atoms with Crippen LogP contribution in [0.1, 0.15) is 10.9 Å². The molecule has 8 heteroatoms. The highest BCUT2D eigenvalue weighted by molar-refractivity contribution is 8.20. The van der Waals surface area contributed by atoms with Crippen LogP contribution in [0.3, 0.4) is 0 Å². The van der Waals surface area contributed by atoms with Gasteiger partial charge in [-0.25, -0.2) is 9.18 Å². The van der Waals surface area contributed by atoms with Gasteiger partial charge in [-0.15, -0.1) is 23.5 Å². The van der Waals surface area contributed by atoms with Crippen LogP contribution in [0.25, 0.3) is 0 Å². The number of hydrogen-bond acceptors (Lipinski definition) is 6. The molecule has 1 aliphatic heterocycles. The lowest BCUT2D eigenvalue weighted by molar-refractivity contribution is 0.133. The Hall–Kier alpha value is -1.51. The molecule has 0 aliphatic carbocycles. The predicted molar refractivity (Wildman–Crippen MR) is 91.8 cm³/mol. The zero-order valence-electron chi connectivity index (χ0n) is 12.2. The molecule has 0 spiro atoms. The van der Waals surface area contributed by atoms with Crippen LogP contribution in [0.2, 0.25) is 0 Å². The van der Waals surface area contributed by atoms with Crippen molar-refractivity contribution < 1.29 is 9.13 Å². The third kappa shape index (κ3) is 4.07. The smallest absolute Gasteiger partial charge is 0.350 e. The lowest BCUT2D eigenvalue weighted by atomic mass is 10.2. The van der Waals surface area contributed by atoms with E-state index in [0.29, 0.717) is 19.0 Å². The van der Waals surface area contributed by atoms with Gasteiger partial charge < -0.3 is 10.5 Å². The first kappa shape index (κ1) is 16.4. The first-order valence-electron chi connectivity index (χ1n) is 7.06. The maximum Gasteiger partial charge on any atom is 0.350 e. The quantitative estimate of drug-likeness (QED) is 0.891. The van der Waals surface area contributed by atoms with Crippen LogP contribution in [0.5, 0.6) is 0 Å². The van der Waals surface area contributed by atoms with Crippen molar-refractivity contribution in [3.63, 3.8) is 0 Å². The minimum atomic E-state index is -0.668. The molecule has 1 fully saturated rings. The van der Waals surface area contributed by atoms with Crippen LogP contribution in [-0.2, 0) is 11.3 Å². The Morgan fingerprint density at radius 1 is 1.39 bits per heavy atom. The van der Waals surface area contributed by atoms with E-state index < -0.39 is 11.5 Å². The maximum atomic E-state index is 13.5. The normalized spacial score (nSPS) is 20.7. The number of nitrogen functional groups attached to an aromatic ring is 1. The van der Waals surface area contributed by atoms with E-state index in [-0.39, 0.29) is 15.8 Å². The van der Waals surface area contributed by atoms with Crippen molar-refractivity contribution in [1.29, 1.82) is 0 Å². The first-order chi connectivity index (χ1) is 11.1. The van der Waals surface area contributed by atoms with Gasteiger partial charge in [-0.1, -0.05) is 30.3 Å². The third-order valence-electron chi connectivity index (χ3n) is 3.34. The van der Waals surface area contributed by atoms with Crippen LogP contribution >= 0.6 is 23.5 Å². The van der Waals surface area contributed by atoms with Gasteiger partial charge in [0, 0.05) is 11.9 Å². The van der Waals surface area contributed by atoms with Gasteiger partial charge in [0.05, 0.1) is 23.2 Å². The summed E-state index contributed by atoms with van der Waals surface area (Å²) < 4.78 is 20.7. The van der Waals surface area contributed by atoms with E-state index in [9.17, 15) is 9.18 Å². The fourth-order valence-corrected chi connectivity index (χ4v) is 5.21. The predicted octanol–water partition coefficient (Wildman–Crippen LogP) is 2.49. The molecule has 1 aromatic heterocycles. The Morgan fingerprint density at radius 2 is 2.17 bits per heavy atom. The monoisotopic (exact) mass is 353 g/mol. The van der Waals surface area contributed by atoms with E-state index in [2.05, 4.69) is 4.98 Å². The van der Waals surface area contributed by atoms with Crippen molar-refractivity contribution in [1.82, 2.24) is 9.55 Å². The van der Waals surface area contributed by atoms with Crippen LogP contribution in [0.4, 0.5) is 10.2 Å². The topological polar surface area (TPSA) is 70.1 Å². The molecule has 0 bridgehead atoms. The van der Waals surface area contributed by atoms with E-state index in [1.54, 1.807) is 23.5 Å². The highest BCUT2D eigenvalue weighted by Crippen LogP contribution is 2.43. The van der Waals surface area contributed by atoms with Crippen LogP contribution in [0.15, 0.2) is 41.3 Å². The number of anilines is 1. The van der Waals surface area contributed by atoms with E-state index in [4.69, 9.17) is 10.5 Å². The second-order valence-corrected chi connectivity index (χ2v) is 7.94. The molecule has 23 heavy (non-hydrogen) atoms. The Labute approximate surface area is 141 Å². The Bertz CT molecular complexity index is 726. The molecule has 0 radical (unpaired) electrons. The Morgan fingerprint density at radius 3 is 2.96 bits per heavy atom. The summed E-state index contributed by atoms with van der Waals surface area (Å²) in [5.41, 5.74) is 5.91. The number of aromatic nitrogens is 2. The van der Waals surface area contributed by atoms with E-state index >= 15 is 0 Å². The molecule has 1 unspecified atom stereocenters. The summed E-state index contributed by atoms with van der Waals surface area (Å²) in [6, 6.07) is 9.94. The number of halogens is 1. The van der Waals surface area contributed by atoms with E-state index in [1.165, 1.54) is 4.57 Å². The van der Waals surface area contributed by atoms with Gasteiger partial charge in [-0.2, -0.15) is 4.98 Å². The summed E-state index contributed by atoms with van der Waals surface area (Å²) in [6.07, 6.45) is 1.14. The third-order valence-corrected chi connectivity index (χ3v) is 6.46. The fraction of sp³-hybridized carbons (Fsp3) is 0.333.